The average molecular weight is 404 g/mol. The van der Waals surface area contributed by atoms with Crippen molar-refractivity contribution < 1.29 is 32.3 Å². The van der Waals surface area contributed by atoms with Crippen LogP contribution in [0.15, 0.2) is 42.6 Å². The van der Waals surface area contributed by atoms with Crippen molar-refractivity contribution in [1.29, 1.82) is 0 Å². The first kappa shape index (κ1) is 20.3. The number of esters is 1. The van der Waals surface area contributed by atoms with E-state index in [1.165, 1.54) is 32.5 Å². The lowest BCUT2D eigenvalue weighted by atomic mass is 10.3. The molecule has 0 aliphatic heterocycles. The lowest BCUT2D eigenvalue weighted by Crippen LogP contribution is -2.20. The summed E-state index contributed by atoms with van der Waals surface area (Å²) in [6.45, 7) is -0.553. The number of aromatic nitrogens is 1. The summed E-state index contributed by atoms with van der Waals surface area (Å²) in [6, 6.07) is 8.24. The molecule has 2 rings (SSSR count). The molecule has 0 amide bonds. The van der Waals surface area contributed by atoms with E-state index in [9.17, 15) is 13.8 Å². The number of rotatable bonds is 8. The maximum atomic E-state index is 13.0. The van der Waals surface area contributed by atoms with E-state index >= 15 is 0 Å². The van der Waals surface area contributed by atoms with Gasteiger partial charge in [0.25, 0.3) is 0 Å². The topological polar surface area (TPSA) is 84.0 Å². The lowest BCUT2D eigenvalue weighted by Gasteiger charge is -2.23. The van der Waals surface area contributed by atoms with Crippen molar-refractivity contribution in [3.63, 3.8) is 0 Å². The van der Waals surface area contributed by atoms with E-state index in [0.29, 0.717) is 0 Å². The first-order valence-electron chi connectivity index (χ1n) is 7.29. The normalized spacial score (nSPS) is 12.5. The van der Waals surface area contributed by atoms with Gasteiger partial charge in [-0.2, -0.15) is 0 Å². The Labute approximate surface area is 154 Å². The number of ether oxygens (including phenoxy) is 2. The molecule has 0 fully saturated rings. The molecule has 0 radical (unpaired) electrons. The summed E-state index contributed by atoms with van der Waals surface area (Å²) in [4.78, 5) is 16.2. The number of carbonyl (C=O) groups is 1. The lowest BCUT2D eigenvalue weighted by molar-refractivity contribution is -0.149. The highest BCUT2D eigenvalue weighted by Crippen LogP contribution is 2.60. The molecule has 1 aromatic carbocycles. The van der Waals surface area contributed by atoms with Gasteiger partial charge in [0.15, 0.2) is 6.61 Å². The third-order valence-corrected chi connectivity index (χ3v) is 5.48. The van der Waals surface area contributed by atoms with Gasteiger partial charge in [-0.25, -0.2) is 9.18 Å². The minimum Gasteiger partial charge on any atom is -0.480 e. The van der Waals surface area contributed by atoms with Crippen LogP contribution in [0.4, 0.5) is 4.39 Å². The van der Waals surface area contributed by atoms with Crippen molar-refractivity contribution in [1.82, 2.24) is 4.98 Å². The number of hydrogen-bond acceptors (Lipinski definition) is 7. The number of hydrogen-bond donors (Lipinski definition) is 0. The van der Waals surface area contributed by atoms with Crippen molar-refractivity contribution in [2.45, 2.75) is 5.85 Å². The van der Waals surface area contributed by atoms with Gasteiger partial charge in [0.2, 0.25) is 5.85 Å². The summed E-state index contributed by atoms with van der Waals surface area (Å²) >= 11 is 5.82. The van der Waals surface area contributed by atoms with Crippen LogP contribution in [0.25, 0.3) is 0 Å². The van der Waals surface area contributed by atoms with Gasteiger partial charge in [-0.3, -0.25) is 9.55 Å². The summed E-state index contributed by atoms with van der Waals surface area (Å²) in [5, 5.41) is -0.00136. The van der Waals surface area contributed by atoms with E-state index in [0.717, 1.165) is 12.1 Å². The van der Waals surface area contributed by atoms with Crippen LogP contribution in [0.2, 0.25) is 5.02 Å². The minimum absolute atomic E-state index is 0.00136. The Bertz CT molecular complexity index is 799. The van der Waals surface area contributed by atoms with Gasteiger partial charge in [0.1, 0.15) is 11.6 Å². The summed E-state index contributed by atoms with van der Waals surface area (Å²) in [6.07, 6.45) is 1.45. The van der Waals surface area contributed by atoms with Crippen LogP contribution in [0.1, 0.15) is 11.5 Å². The molecular weight excluding hydrogens is 388 g/mol. The van der Waals surface area contributed by atoms with E-state index < -0.39 is 31.8 Å². The second kappa shape index (κ2) is 9.09. The van der Waals surface area contributed by atoms with Crippen LogP contribution < -0.4 is 4.74 Å². The highest BCUT2D eigenvalue weighted by Gasteiger charge is 2.40. The van der Waals surface area contributed by atoms with Crippen LogP contribution in [-0.4, -0.2) is 31.8 Å². The fraction of sp³-hybridized carbons (Fsp3) is 0.250. The molecule has 1 atom stereocenters. The molecule has 7 nitrogen and oxygen atoms in total. The van der Waals surface area contributed by atoms with Crippen molar-refractivity contribution in [2.75, 3.05) is 20.8 Å². The zero-order valence-corrected chi connectivity index (χ0v) is 15.6. The van der Waals surface area contributed by atoms with Gasteiger partial charge < -0.3 is 18.5 Å². The smallest absolute Gasteiger partial charge is 0.376 e. The van der Waals surface area contributed by atoms with Crippen molar-refractivity contribution in [3.05, 3.63) is 59.1 Å². The van der Waals surface area contributed by atoms with Crippen LogP contribution in [0.3, 0.4) is 0 Å². The molecule has 0 saturated carbocycles. The quantitative estimate of drug-likeness (QED) is 0.487. The van der Waals surface area contributed by atoms with Crippen LogP contribution in [0.5, 0.6) is 5.75 Å². The third kappa shape index (κ3) is 5.02. The Kier molecular flexibility index (Phi) is 7.11. The third-order valence-electron chi connectivity index (χ3n) is 3.22. The van der Waals surface area contributed by atoms with Gasteiger partial charge in [-0.1, -0.05) is 17.7 Å². The molecule has 10 heteroatoms. The molecule has 0 N–H and O–H groups in total. The second-order valence-electron chi connectivity index (χ2n) is 4.87. The molecule has 2 aromatic rings. The molecule has 1 unspecified atom stereocenters. The van der Waals surface area contributed by atoms with E-state index in [2.05, 4.69) is 4.98 Å². The van der Waals surface area contributed by atoms with Gasteiger partial charge in [-0.05, 0) is 30.3 Å². The molecular formula is C16H16ClFNO6P. The first-order valence-corrected chi connectivity index (χ1v) is 9.28. The molecule has 0 aliphatic rings. The molecule has 26 heavy (non-hydrogen) atoms. The fourth-order valence-electron chi connectivity index (χ4n) is 1.96. The summed E-state index contributed by atoms with van der Waals surface area (Å²) in [5.74, 6) is -2.68. The predicted octanol–water partition coefficient (Wildman–Crippen LogP) is 3.98. The van der Waals surface area contributed by atoms with E-state index in [4.69, 9.17) is 30.1 Å². The summed E-state index contributed by atoms with van der Waals surface area (Å²) in [5.41, 5.74) is 0.188. The average Bonchev–Trinajstić information content (AvgIpc) is 2.65. The maximum Gasteiger partial charge on any atom is 0.376 e. The largest absolute Gasteiger partial charge is 0.480 e. The Morgan fingerprint density at radius 2 is 2.00 bits per heavy atom. The Morgan fingerprint density at radius 1 is 1.27 bits per heavy atom. The van der Waals surface area contributed by atoms with Crippen molar-refractivity contribution >= 4 is 25.2 Å². The van der Waals surface area contributed by atoms with Crippen LogP contribution >= 0.6 is 19.2 Å². The monoisotopic (exact) mass is 403 g/mol. The fourth-order valence-corrected chi connectivity index (χ4v) is 3.44. The first-order chi connectivity index (χ1) is 12.4. The van der Waals surface area contributed by atoms with Crippen molar-refractivity contribution in [3.8, 4) is 5.75 Å². The minimum atomic E-state index is -3.82. The Hall–Kier alpha value is -1.99. The number of halogens is 2. The Balaban J connectivity index is 2.12. The van der Waals surface area contributed by atoms with E-state index in [1.54, 1.807) is 12.1 Å². The standard InChI is InChI=1S/C16H16ClFNO6P/c1-22-26(21,23-2)16(13-5-3-4-8-19-13)25-15(20)10-24-14-7-6-11(18)9-12(14)17/h3-9,16H,10H2,1-2H3. The summed E-state index contributed by atoms with van der Waals surface area (Å²) < 4.78 is 45.9. The molecule has 0 bridgehead atoms. The number of benzene rings is 1. The predicted molar refractivity (Wildman–Crippen MR) is 91.6 cm³/mol. The van der Waals surface area contributed by atoms with Gasteiger partial charge in [-0.15, -0.1) is 0 Å². The number of pyridine rings is 1. The molecule has 140 valence electrons. The van der Waals surface area contributed by atoms with Crippen LogP contribution in [0, 0.1) is 5.82 Å². The Morgan fingerprint density at radius 3 is 2.58 bits per heavy atom. The van der Waals surface area contributed by atoms with Gasteiger partial charge in [0, 0.05) is 20.4 Å². The zero-order valence-electron chi connectivity index (χ0n) is 13.9. The molecule has 0 saturated heterocycles. The molecule has 1 aromatic heterocycles. The zero-order chi connectivity index (χ0) is 19.2. The SMILES string of the molecule is COP(=O)(OC)C(OC(=O)COc1ccc(F)cc1Cl)c1ccccn1. The van der Waals surface area contributed by atoms with E-state index in [-0.39, 0.29) is 16.5 Å². The number of carbonyl (C=O) groups excluding carboxylic acids is 1. The van der Waals surface area contributed by atoms with Crippen molar-refractivity contribution in [2.24, 2.45) is 0 Å². The number of nitrogens with zero attached hydrogens (tertiary/aromatic N) is 1. The second-order valence-corrected chi connectivity index (χ2v) is 7.55. The van der Waals surface area contributed by atoms with E-state index in [1.807, 2.05) is 0 Å². The highest BCUT2D eigenvalue weighted by atomic mass is 35.5. The molecule has 0 spiro atoms. The summed E-state index contributed by atoms with van der Waals surface area (Å²) in [7, 11) is -1.48. The maximum absolute atomic E-state index is 13.0. The van der Waals surface area contributed by atoms with Crippen LogP contribution in [-0.2, 0) is 23.1 Å². The molecule has 0 aliphatic carbocycles. The van der Waals surface area contributed by atoms with Gasteiger partial charge in [0.05, 0.1) is 10.7 Å². The molecule has 1 heterocycles. The van der Waals surface area contributed by atoms with Gasteiger partial charge >= 0.3 is 13.6 Å². The highest BCUT2D eigenvalue weighted by molar-refractivity contribution is 7.54.